The molecule has 1 aromatic carbocycles. The Labute approximate surface area is 143 Å². The van der Waals surface area contributed by atoms with E-state index in [1.54, 1.807) is 10.6 Å². The number of fused-ring (bicyclic) bond motifs is 1. The molecule has 0 aliphatic carbocycles. The van der Waals surface area contributed by atoms with Crippen molar-refractivity contribution in [1.29, 1.82) is 0 Å². The molecule has 0 spiro atoms. The number of rotatable bonds is 7. The normalized spacial score (nSPS) is 10.9. The van der Waals surface area contributed by atoms with Gasteiger partial charge in [-0.25, -0.2) is 9.50 Å². The highest BCUT2D eigenvalue weighted by molar-refractivity contribution is 7.15. The fourth-order valence-electron chi connectivity index (χ4n) is 2.51. The molecule has 0 fully saturated rings. The minimum atomic E-state index is -0.109. The van der Waals surface area contributed by atoms with Crippen molar-refractivity contribution in [3.05, 3.63) is 52.8 Å². The molecule has 1 N–H and O–H groups in total. The van der Waals surface area contributed by atoms with Gasteiger partial charge < -0.3 is 5.32 Å². The molecule has 1 amide bonds. The predicted octanol–water partition coefficient (Wildman–Crippen LogP) is 2.42. The number of nitrogens with one attached hydrogen (secondary N) is 1. The summed E-state index contributed by atoms with van der Waals surface area (Å²) in [6.07, 6.45) is 2.63. The molecule has 0 atom stereocenters. The molecule has 3 aromatic rings. The lowest BCUT2D eigenvalue weighted by atomic mass is 10.0. The van der Waals surface area contributed by atoms with Crippen LogP contribution in [-0.4, -0.2) is 32.8 Å². The first-order chi connectivity index (χ1) is 11.6. The zero-order valence-corrected chi connectivity index (χ0v) is 14.2. The molecule has 0 bridgehead atoms. The van der Waals surface area contributed by atoms with Crippen LogP contribution in [0.2, 0.25) is 0 Å². The summed E-state index contributed by atoms with van der Waals surface area (Å²) in [7, 11) is 0. The number of aryl methyl sites for hydroxylation is 1. The molecule has 0 saturated heterocycles. The molecule has 3 rings (SSSR count). The van der Waals surface area contributed by atoms with E-state index in [2.05, 4.69) is 15.4 Å². The van der Waals surface area contributed by atoms with Crippen LogP contribution < -0.4 is 5.32 Å². The molecular weight excluding hydrogens is 324 g/mol. The van der Waals surface area contributed by atoms with Crippen molar-refractivity contribution < 1.29 is 9.59 Å². The molecule has 0 aliphatic rings. The topological polar surface area (TPSA) is 76.4 Å². The fraction of sp³-hybridized carbons (Fsp3) is 0.294. The smallest absolute Gasteiger partial charge is 0.220 e. The van der Waals surface area contributed by atoms with Crippen molar-refractivity contribution in [1.82, 2.24) is 19.9 Å². The van der Waals surface area contributed by atoms with Crippen molar-refractivity contribution in [2.75, 3.05) is 6.54 Å². The van der Waals surface area contributed by atoms with Crippen molar-refractivity contribution in [2.45, 2.75) is 26.2 Å². The summed E-state index contributed by atoms with van der Waals surface area (Å²) in [4.78, 5) is 29.0. The average molecular weight is 342 g/mol. The number of nitrogens with zero attached hydrogens (tertiary/aromatic N) is 3. The van der Waals surface area contributed by atoms with Crippen molar-refractivity contribution >= 4 is 28.0 Å². The van der Waals surface area contributed by atoms with Gasteiger partial charge in [-0.15, -0.1) is 11.3 Å². The van der Waals surface area contributed by atoms with E-state index in [4.69, 9.17) is 0 Å². The Bertz CT molecular complexity index is 868. The van der Waals surface area contributed by atoms with Crippen LogP contribution in [0.4, 0.5) is 0 Å². The predicted molar refractivity (Wildman–Crippen MR) is 92.3 cm³/mol. The van der Waals surface area contributed by atoms with E-state index < -0.39 is 0 Å². The van der Waals surface area contributed by atoms with Crippen LogP contribution in [0.15, 0.2) is 36.0 Å². The number of ketones is 1. The molecule has 0 saturated carbocycles. The maximum absolute atomic E-state index is 12.2. The van der Waals surface area contributed by atoms with Crippen LogP contribution in [0.5, 0.6) is 0 Å². The number of hydrogen-bond donors (Lipinski definition) is 1. The molecule has 0 aliphatic heterocycles. The molecule has 124 valence electrons. The zero-order valence-electron chi connectivity index (χ0n) is 13.4. The number of aromatic nitrogens is 3. The lowest BCUT2D eigenvalue weighted by molar-refractivity contribution is -0.121. The van der Waals surface area contributed by atoms with Crippen LogP contribution in [0, 0.1) is 6.92 Å². The molecule has 2 heterocycles. The highest BCUT2D eigenvalue weighted by atomic mass is 32.1. The van der Waals surface area contributed by atoms with E-state index in [1.165, 1.54) is 17.7 Å². The van der Waals surface area contributed by atoms with E-state index in [-0.39, 0.29) is 24.5 Å². The molecule has 0 radical (unpaired) electrons. The zero-order chi connectivity index (χ0) is 16.9. The summed E-state index contributed by atoms with van der Waals surface area (Å²) in [5, 5.41) is 8.98. The minimum absolute atomic E-state index is 0.00501. The number of benzene rings is 1. The van der Waals surface area contributed by atoms with Crippen LogP contribution in [-0.2, 0) is 11.2 Å². The summed E-state index contributed by atoms with van der Waals surface area (Å²) in [6, 6.07) is 7.44. The van der Waals surface area contributed by atoms with E-state index in [1.807, 2.05) is 30.5 Å². The standard InChI is InChI=1S/C17H18N4O2S/c1-12-4-2-3-5-14(12)15(22)6-7-16(23)18-9-8-13-10-24-17-19-11-20-21(13)17/h2-5,10-11H,6-9H2,1H3,(H,18,23). The Kier molecular flexibility index (Phi) is 5.00. The largest absolute Gasteiger partial charge is 0.356 e. The number of hydrogen-bond acceptors (Lipinski definition) is 5. The van der Waals surface area contributed by atoms with E-state index in [0.29, 0.717) is 18.5 Å². The van der Waals surface area contributed by atoms with Crippen LogP contribution in [0.1, 0.15) is 34.5 Å². The van der Waals surface area contributed by atoms with Gasteiger partial charge in [0.1, 0.15) is 6.33 Å². The van der Waals surface area contributed by atoms with Gasteiger partial charge in [0.25, 0.3) is 0 Å². The second kappa shape index (κ2) is 7.35. The highest BCUT2D eigenvalue weighted by Crippen LogP contribution is 2.13. The Morgan fingerprint density at radius 2 is 2.08 bits per heavy atom. The van der Waals surface area contributed by atoms with Crippen molar-refractivity contribution in [2.24, 2.45) is 0 Å². The van der Waals surface area contributed by atoms with Gasteiger partial charge >= 0.3 is 0 Å². The maximum atomic E-state index is 12.2. The van der Waals surface area contributed by atoms with Gasteiger partial charge in [-0.3, -0.25) is 9.59 Å². The third-order valence-corrected chi connectivity index (χ3v) is 4.70. The lowest BCUT2D eigenvalue weighted by Crippen LogP contribution is -2.26. The van der Waals surface area contributed by atoms with Gasteiger partial charge in [0.2, 0.25) is 10.9 Å². The number of Topliss-reactive ketones (excluding diaryl/α,β-unsaturated/α-hetero) is 1. The molecular formula is C17H18N4O2S. The van der Waals surface area contributed by atoms with E-state index in [0.717, 1.165) is 16.2 Å². The first-order valence-electron chi connectivity index (χ1n) is 7.77. The number of carbonyl (C=O) groups excluding carboxylic acids is 2. The Balaban J connectivity index is 1.44. The van der Waals surface area contributed by atoms with Gasteiger partial charge in [0, 0.05) is 36.8 Å². The summed E-state index contributed by atoms with van der Waals surface area (Å²) < 4.78 is 1.78. The van der Waals surface area contributed by atoms with Gasteiger partial charge in [0.15, 0.2) is 5.78 Å². The van der Waals surface area contributed by atoms with Crippen molar-refractivity contribution in [3.63, 3.8) is 0 Å². The van der Waals surface area contributed by atoms with E-state index >= 15 is 0 Å². The summed E-state index contributed by atoms with van der Waals surface area (Å²) in [6.45, 7) is 2.42. The molecule has 7 heteroatoms. The first-order valence-corrected chi connectivity index (χ1v) is 8.65. The van der Waals surface area contributed by atoms with E-state index in [9.17, 15) is 9.59 Å². The second-order valence-corrected chi connectivity index (χ2v) is 6.36. The van der Waals surface area contributed by atoms with Crippen LogP contribution in [0.3, 0.4) is 0 Å². The Morgan fingerprint density at radius 1 is 1.25 bits per heavy atom. The van der Waals surface area contributed by atoms with Gasteiger partial charge in [-0.2, -0.15) is 5.10 Å². The van der Waals surface area contributed by atoms with Crippen LogP contribution >= 0.6 is 11.3 Å². The minimum Gasteiger partial charge on any atom is -0.356 e. The molecule has 0 unspecified atom stereocenters. The highest BCUT2D eigenvalue weighted by Gasteiger charge is 2.11. The van der Waals surface area contributed by atoms with Gasteiger partial charge in [-0.1, -0.05) is 24.3 Å². The molecule has 2 aromatic heterocycles. The van der Waals surface area contributed by atoms with Crippen molar-refractivity contribution in [3.8, 4) is 0 Å². The second-order valence-electron chi connectivity index (χ2n) is 5.52. The monoisotopic (exact) mass is 342 g/mol. The average Bonchev–Trinajstić information content (AvgIpc) is 3.18. The van der Waals surface area contributed by atoms with Crippen LogP contribution in [0.25, 0.3) is 4.96 Å². The summed E-state index contributed by atoms with van der Waals surface area (Å²) in [5.74, 6) is -0.104. The third-order valence-electron chi connectivity index (χ3n) is 3.82. The van der Waals surface area contributed by atoms with Gasteiger partial charge in [0.05, 0.1) is 5.69 Å². The third kappa shape index (κ3) is 3.68. The molecule has 24 heavy (non-hydrogen) atoms. The lowest BCUT2D eigenvalue weighted by Gasteiger charge is -2.06. The first kappa shape index (κ1) is 16.3. The number of amides is 1. The Hall–Kier alpha value is -2.54. The molecule has 6 nitrogen and oxygen atoms in total. The number of thiazole rings is 1. The summed E-state index contributed by atoms with van der Waals surface area (Å²) in [5.41, 5.74) is 2.65. The van der Waals surface area contributed by atoms with Gasteiger partial charge in [-0.05, 0) is 12.5 Å². The summed E-state index contributed by atoms with van der Waals surface area (Å²) >= 11 is 1.52. The fourth-order valence-corrected chi connectivity index (χ4v) is 3.34. The number of carbonyl (C=O) groups is 2. The maximum Gasteiger partial charge on any atom is 0.220 e. The SMILES string of the molecule is Cc1ccccc1C(=O)CCC(=O)NCCc1csc2ncnn12. The quantitative estimate of drug-likeness (QED) is 0.669. The Morgan fingerprint density at radius 3 is 2.92 bits per heavy atom.